The van der Waals surface area contributed by atoms with Crippen molar-refractivity contribution in [3.05, 3.63) is 34.9 Å². The van der Waals surface area contributed by atoms with E-state index in [2.05, 4.69) is 17.1 Å². The van der Waals surface area contributed by atoms with Crippen LogP contribution in [0, 0.1) is 0 Å². The fraction of sp³-hybridized carbons (Fsp3) is 0.438. The molecule has 0 unspecified atom stereocenters. The number of aromatic nitrogens is 2. The summed E-state index contributed by atoms with van der Waals surface area (Å²) >= 11 is 7.82. The Balaban J connectivity index is 1.66. The first-order chi connectivity index (χ1) is 11.2. The molecular formula is C16H18ClN3O2S. The Bertz CT molecular complexity index is 704. The number of nitrogens with zero attached hydrogens (tertiary/aromatic N) is 3. The maximum atomic E-state index is 12.6. The number of hydrogen-bond donors (Lipinski definition) is 0. The molecule has 3 rings (SSSR count). The molecule has 0 atom stereocenters. The average molecular weight is 352 g/mol. The number of carbonyl (C=O) groups is 1. The number of rotatable bonds is 5. The van der Waals surface area contributed by atoms with Gasteiger partial charge in [-0.3, -0.25) is 4.79 Å². The molecule has 1 amide bonds. The van der Waals surface area contributed by atoms with Gasteiger partial charge in [0.15, 0.2) is 5.82 Å². The number of benzene rings is 1. The lowest BCUT2D eigenvalue weighted by Crippen LogP contribution is -2.35. The van der Waals surface area contributed by atoms with Crippen LogP contribution >= 0.6 is 23.4 Å². The highest BCUT2D eigenvalue weighted by atomic mass is 35.5. The molecular weight excluding hydrogens is 334 g/mol. The first-order valence-electron chi connectivity index (χ1n) is 7.71. The molecule has 2 heterocycles. The van der Waals surface area contributed by atoms with Gasteiger partial charge in [0.05, 0.1) is 5.69 Å². The van der Waals surface area contributed by atoms with Gasteiger partial charge in [0.25, 0.3) is 0 Å². The number of halogens is 1. The topological polar surface area (TPSA) is 59.2 Å². The molecule has 0 saturated heterocycles. The van der Waals surface area contributed by atoms with E-state index >= 15 is 0 Å². The molecule has 7 heteroatoms. The smallest absolute Gasteiger partial charge is 0.227 e. The number of thioether (sulfide) groups is 1. The monoisotopic (exact) mass is 351 g/mol. The maximum Gasteiger partial charge on any atom is 0.227 e. The Morgan fingerprint density at radius 1 is 1.43 bits per heavy atom. The third-order valence-electron chi connectivity index (χ3n) is 3.62. The fourth-order valence-electron chi connectivity index (χ4n) is 2.52. The highest BCUT2D eigenvalue weighted by molar-refractivity contribution is 7.99. The van der Waals surface area contributed by atoms with Crippen molar-refractivity contribution < 1.29 is 9.32 Å². The van der Waals surface area contributed by atoms with Gasteiger partial charge in [-0.05, 0) is 24.6 Å². The molecule has 2 aromatic rings. The molecule has 1 aromatic carbocycles. The Morgan fingerprint density at radius 3 is 3.13 bits per heavy atom. The quantitative estimate of drug-likeness (QED) is 0.821. The lowest BCUT2D eigenvalue weighted by Gasteiger charge is -2.29. The minimum atomic E-state index is 0.0593. The molecule has 0 bridgehead atoms. The summed E-state index contributed by atoms with van der Waals surface area (Å²) in [7, 11) is 0. The lowest BCUT2D eigenvalue weighted by atomic mass is 10.2. The molecule has 1 aromatic heterocycles. The van der Waals surface area contributed by atoms with Crippen LogP contribution in [0.25, 0.3) is 0 Å². The zero-order valence-corrected chi connectivity index (χ0v) is 14.5. The zero-order valence-electron chi connectivity index (χ0n) is 12.9. The van der Waals surface area contributed by atoms with Gasteiger partial charge in [-0.1, -0.05) is 23.7 Å². The van der Waals surface area contributed by atoms with E-state index in [-0.39, 0.29) is 5.91 Å². The summed E-state index contributed by atoms with van der Waals surface area (Å²) in [5.74, 6) is 2.19. The maximum absolute atomic E-state index is 12.6. The first kappa shape index (κ1) is 16.3. The van der Waals surface area contributed by atoms with Crippen LogP contribution in [0.15, 0.2) is 27.6 Å². The van der Waals surface area contributed by atoms with Crippen molar-refractivity contribution in [2.75, 3.05) is 17.2 Å². The molecule has 1 aliphatic heterocycles. The van der Waals surface area contributed by atoms with E-state index in [1.807, 2.05) is 18.2 Å². The van der Waals surface area contributed by atoms with E-state index < -0.39 is 0 Å². The second kappa shape index (κ2) is 7.36. The lowest BCUT2D eigenvalue weighted by molar-refractivity contribution is -0.118. The van der Waals surface area contributed by atoms with Crippen LogP contribution in [0.3, 0.4) is 0 Å². The van der Waals surface area contributed by atoms with E-state index in [0.29, 0.717) is 36.1 Å². The summed E-state index contributed by atoms with van der Waals surface area (Å²) in [5, 5.41) is 4.56. The second-order valence-electron chi connectivity index (χ2n) is 5.36. The summed E-state index contributed by atoms with van der Waals surface area (Å²) < 4.78 is 5.19. The van der Waals surface area contributed by atoms with Crippen molar-refractivity contribution in [1.29, 1.82) is 0 Å². The second-order valence-corrected chi connectivity index (χ2v) is 6.93. The molecule has 0 spiro atoms. The van der Waals surface area contributed by atoms with Crippen molar-refractivity contribution in [3.8, 4) is 0 Å². The Morgan fingerprint density at radius 2 is 2.30 bits per heavy atom. The molecule has 0 N–H and O–H groups in total. The molecule has 0 aliphatic carbocycles. The molecule has 0 fully saturated rings. The average Bonchev–Trinajstić information content (AvgIpc) is 3.00. The van der Waals surface area contributed by atoms with E-state index in [1.165, 1.54) is 0 Å². The summed E-state index contributed by atoms with van der Waals surface area (Å²) in [4.78, 5) is 19.8. The summed E-state index contributed by atoms with van der Waals surface area (Å²) in [6, 6.07) is 5.68. The predicted octanol–water partition coefficient (Wildman–Crippen LogP) is 3.75. The Hall–Kier alpha value is -1.53. The molecule has 122 valence electrons. The van der Waals surface area contributed by atoms with Gasteiger partial charge in [-0.15, -0.1) is 11.8 Å². The van der Waals surface area contributed by atoms with Crippen molar-refractivity contribution in [1.82, 2.24) is 10.1 Å². The third-order valence-corrected chi connectivity index (χ3v) is 4.90. The number of carbonyl (C=O) groups excluding carboxylic acids is 1. The highest BCUT2D eigenvalue weighted by Crippen LogP contribution is 2.36. The van der Waals surface area contributed by atoms with E-state index in [4.69, 9.17) is 16.1 Å². The van der Waals surface area contributed by atoms with Gasteiger partial charge in [-0.2, -0.15) is 4.98 Å². The summed E-state index contributed by atoms with van der Waals surface area (Å²) in [6.07, 6.45) is 2.59. The van der Waals surface area contributed by atoms with Crippen LogP contribution in [0.4, 0.5) is 5.69 Å². The third kappa shape index (κ3) is 3.87. The molecule has 5 nitrogen and oxygen atoms in total. The highest BCUT2D eigenvalue weighted by Gasteiger charge is 2.23. The van der Waals surface area contributed by atoms with Gasteiger partial charge >= 0.3 is 0 Å². The minimum absolute atomic E-state index is 0.0593. The number of fused-ring (bicyclic) bond motifs is 1. The van der Waals surface area contributed by atoms with Crippen molar-refractivity contribution in [2.24, 2.45) is 0 Å². The summed E-state index contributed by atoms with van der Waals surface area (Å²) in [5.41, 5.74) is 0.899. The zero-order chi connectivity index (χ0) is 16.2. The predicted molar refractivity (Wildman–Crippen MR) is 91.1 cm³/mol. The van der Waals surface area contributed by atoms with Gasteiger partial charge in [0.2, 0.25) is 11.8 Å². The normalized spacial score (nSPS) is 13.9. The minimum Gasteiger partial charge on any atom is -0.339 e. The van der Waals surface area contributed by atoms with E-state index in [1.54, 1.807) is 16.7 Å². The standard InChI is InChI=1S/C16H18ClN3O2S/c1-2-3-14-18-15(22-19-14)6-7-16(21)20-8-9-23-13-5-4-11(17)10-12(13)20/h4-5,10H,2-3,6-9H2,1H3. The van der Waals surface area contributed by atoms with Gasteiger partial charge in [-0.25, -0.2) is 0 Å². The SMILES string of the molecule is CCCc1noc(CCC(=O)N2CCSc3ccc(Cl)cc32)n1. The van der Waals surface area contributed by atoms with Crippen LogP contribution in [0.1, 0.15) is 31.5 Å². The van der Waals surface area contributed by atoms with Crippen LogP contribution in [-0.4, -0.2) is 28.3 Å². The van der Waals surface area contributed by atoms with Crippen molar-refractivity contribution in [3.63, 3.8) is 0 Å². The number of amides is 1. The summed E-state index contributed by atoms with van der Waals surface area (Å²) in [6.45, 7) is 2.76. The molecule has 0 saturated carbocycles. The number of hydrogen-bond acceptors (Lipinski definition) is 5. The van der Waals surface area contributed by atoms with Crippen LogP contribution < -0.4 is 4.90 Å². The largest absolute Gasteiger partial charge is 0.339 e. The molecule has 0 radical (unpaired) electrons. The van der Waals surface area contributed by atoms with Gasteiger partial charge in [0, 0.05) is 41.5 Å². The molecule has 1 aliphatic rings. The van der Waals surface area contributed by atoms with Gasteiger partial charge in [0.1, 0.15) is 0 Å². The van der Waals surface area contributed by atoms with E-state index in [0.717, 1.165) is 29.2 Å². The number of anilines is 1. The van der Waals surface area contributed by atoms with Crippen LogP contribution in [-0.2, 0) is 17.6 Å². The molecule has 23 heavy (non-hydrogen) atoms. The first-order valence-corrected chi connectivity index (χ1v) is 9.08. The van der Waals surface area contributed by atoms with Gasteiger partial charge < -0.3 is 9.42 Å². The number of aryl methyl sites for hydroxylation is 2. The van der Waals surface area contributed by atoms with Crippen LogP contribution in [0.2, 0.25) is 5.02 Å². The fourth-order valence-corrected chi connectivity index (χ4v) is 3.66. The Labute approximate surface area is 144 Å². The van der Waals surface area contributed by atoms with Crippen molar-refractivity contribution >= 4 is 35.0 Å². The van der Waals surface area contributed by atoms with E-state index in [9.17, 15) is 4.79 Å². The van der Waals surface area contributed by atoms with Crippen molar-refractivity contribution in [2.45, 2.75) is 37.5 Å². The Kier molecular flexibility index (Phi) is 5.23. The van der Waals surface area contributed by atoms with Crippen LogP contribution in [0.5, 0.6) is 0 Å².